The second-order valence-corrected chi connectivity index (χ2v) is 11.0. The molecule has 1 aromatic carbocycles. The maximum Gasteiger partial charge on any atom is 0.231 e. The molecular weight excluding hydrogens is 460 g/mol. The smallest absolute Gasteiger partial charge is 0.231 e. The molecule has 188 valence electrons. The summed E-state index contributed by atoms with van der Waals surface area (Å²) < 4.78 is 0. The highest BCUT2D eigenvalue weighted by molar-refractivity contribution is 6.30. The van der Waals surface area contributed by atoms with Crippen LogP contribution in [0.2, 0.25) is 5.02 Å². The summed E-state index contributed by atoms with van der Waals surface area (Å²) in [4.78, 5) is 29.9. The summed E-state index contributed by atoms with van der Waals surface area (Å²) in [6, 6.07) is 8.66. The van der Waals surface area contributed by atoms with Crippen molar-refractivity contribution in [2.45, 2.75) is 57.5 Å². The van der Waals surface area contributed by atoms with Crippen LogP contribution >= 0.6 is 11.6 Å². The molecule has 0 spiro atoms. The minimum absolute atomic E-state index is 0.195. The van der Waals surface area contributed by atoms with E-state index in [-0.39, 0.29) is 11.8 Å². The Balaban J connectivity index is 1.30. The first-order valence-corrected chi connectivity index (χ1v) is 13.4. The molecule has 2 saturated heterocycles. The van der Waals surface area contributed by atoms with E-state index in [0.29, 0.717) is 36.1 Å². The number of aromatic nitrogens is 2. The van der Waals surface area contributed by atoms with E-state index in [1.807, 2.05) is 24.3 Å². The molecule has 0 bridgehead atoms. The lowest BCUT2D eigenvalue weighted by molar-refractivity contribution is -0.133. The van der Waals surface area contributed by atoms with E-state index in [9.17, 15) is 4.79 Å². The summed E-state index contributed by atoms with van der Waals surface area (Å²) >= 11 is 6.17. The summed E-state index contributed by atoms with van der Waals surface area (Å²) in [6.45, 7) is 12.4. The quantitative estimate of drug-likeness (QED) is 0.685. The van der Waals surface area contributed by atoms with Crippen LogP contribution in [0.5, 0.6) is 0 Å². The number of carbonyl (C=O) groups is 1. The van der Waals surface area contributed by atoms with Gasteiger partial charge in [-0.2, -0.15) is 0 Å². The third kappa shape index (κ3) is 5.32. The fraction of sp³-hybridized carbons (Fsp3) is 0.593. The Morgan fingerprint density at radius 1 is 1.06 bits per heavy atom. The van der Waals surface area contributed by atoms with Crippen molar-refractivity contribution in [3.05, 3.63) is 52.4 Å². The van der Waals surface area contributed by atoms with Crippen molar-refractivity contribution in [3.63, 3.8) is 0 Å². The SMILES string of the molecule is C[C@@H]1CN(C[C@H](C(=O)N2CCN(c3ncnc4c3[C@H](C)CC4)CC2)c2ccc(Cl)cc2)C[C@H](C)N1. The summed E-state index contributed by atoms with van der Waals surface area (Å²) in [7, 11) is 0. The number of nitrogens with zero attached hydrogens (tertiary/aromatic N) is 5. The van der Waals surface area contributed by atoms with Gasteiger partial charge in [0.15, 0.2) is 0 Å². The summed E-state index contributed by atoms with van der Waals surface area (Å²) in [5.74, 6) is 1.59. The molecule has 3 heterocycles. The molecule has 4 atom stereocenters. The molecule has 2 aromatic rings. The van der Waals surface area contributed by atoms with Gasteiger partial charge in [-0.25, -0.2) is 9.97 Å². The average molecular weight is 497 g/mol. The lowest BCUT2D eigenvalue weighted by Gasteiger charge is -2.40. The van der Waals surface area contributed by atoms with E-state index in [1.54, 1.807) is 6.33 Å². The predicted octanol–water partition coefficient (Wildman–Crippen LogP) is 3.29. The highest BCUT2D eigenvalue weighted by atomic mass is 35.5. The molecule has 1 aromatic heterocycles. The number of halogens is 1. The maximum atomic E-state index is 13.9. The first-order valence-electron chi connectivity index (χ1n) is 13.0. The average Bonchev–Trinajstić information content (AvgIpc) is 3.23. The molecule has 5 rings (SSSR count). The summed E-state index contributed by atoms with van der Waals surface area (Å²) in [5, 5.41) is 4.29. The van der Waals surface area contributed by atoms with Crippen LogP contribution in [0.3, 0.4) is 0 Å². The van der Waals surface area contributed by atoms with Gasteiger partial charge in [-0.3, -0.25) is 9.69 Å². The number of piperazine rings is 2. The predicted molar refractivity (Wildman–Crippen MR) is 140 cm³/mol. The zero-order valence-electron chi connectivity index (χ0n) is 21.1. The van der Waals surface area contributed by atoms with E-state index < -0.39 is 0 Å². The van der Waals surface area contributed by atoms with Crippen molar-refractivity contribution in [1.29, 1.82) is 0 Å². The number of rotatable bonds is 5. The number of nitrogens with one attached hydrogen (secondary N) is 1. The number of anilines is 1. The molecule has 0 unspecified atom stereocenters. The van der Waals surface area contributed by atoms with Crippen molar-refractivity contribution < 1.29 is 4.79 Å². The number of fused-ring (bicyclic) bond motifs is 1. The summed E-state index contributed by atoms with van der Waals surface area (Å²) in [5.41, 5.74) is 3.56. The van der Waals surface area contributed by atoms with Crippen molar-refractivity contribution in [1.82, 2.24) is 25.1 Å². The molecule has 7 nitrogen and oxygen atoms in total. The monoisotopic (exact) mass is 496 g/mol. The Kier molecular flexibility index (Phi) is 7.28. The molecule has 3 aliphatic rings. The van der Waals surface area contributed by atoms with Gasteiger partial charge < -0.3 is 15.1 Å². The minimum Gasteiger partial charge on any atom is -0.353 e. The molecule has 1 aliphatic carbocycles. The van der Waals surface area contributed by atoms with E-state index in [1.165, 1.54) is 11.3 Å². The molecule has 35 heavy (non-hydrogen) atoms. The van der Waals surface area contributed by atoms with Gasteiger partial charge in [0.25, 0.3) is 0 Å². The van der Waals surface area contributed by atoms with Crippen LogP contribution < -0.4 is 10.2 Å². The van der Waals surface area contributed by atoms with Crippen molar-refractivity contribution in [2.75, 3.05) is 50.7 Å². The Morgan fingerprint density at radius 3 is 2.43 bits per heavy atom. The minimum atomic E-state index is -0.195. The van der Waals surface area contributed by atoms with Gasteiger partial charge >= 0.3 is 0 Å². The first-order chi connectivity index (χ1) is 16.9. The van der Waals surface area contributed by atoms with Gasteiger partial charge in [0.05, 0.1) is 5.92 Å². The number of carbonyl (C=O) groups excluding carboxylic acids is 1. The van der Waals surface area contributed by atoms with Crippen LogP contribution in [-0.4, -0.2) is 83.6 Å². The highest BCUT2D eigenvalue weighted by Gasteiger charge is 2.34. The van der Waals surface area contributed by atoms with Crippen molar-refractivity contribution >= 4 is 23.3 Å². The molecule has 1 amide bonds. The lowest BCUT2D eigenvalue weighted by Crippen LogP contribution is -2.56. The van der Waals surface area contributed by atoms with Crippen LogP contribution in [0.1, 0.15) is 55.8 Å². The fourth-order valence-corrected chi connectivity index (χ4v) is 6.23. The summed E-state index contributed by atoms with van der Waals surface area (Å²) in [6.07, 6.45) is 3.89. The number of hydrogen-bond donors (Lipinski definition) is 1. The Hall–Kier alpha value is -2.22. The first kappa shape index (κ1) is 24.5. The Morgan fingerprint density at radius 2 is 1.74 bits per heavy atom. The van der Waals surface area contributed by atoms with Crippen LogP contribution in [0.25, 0.3) is 0 Å². The second-order valence-electron chi connectivity index (χ2n) is 10.6. The van der Waals surface area contributed by atoms with Gasteiger partial charge in [0.1, 0.15) is 12.1 Å². The molecule has 0 saturated carbocycles. The van der Waals surface area contributed by atoms with Crippen molar-refractivity contribution in [2.24, 2.45) is 0 Å². The van der Waals surface area contributed by atoms with E-state index in [0.717, 1.165) is 56.9 Å². The molecule has 0 radical (unpaired) electrons. The lowest BCUT2D eigenvalue weighted by atomic mass is 9.95. The molecule has 1 N–H and O–H groups in total. The van der Waals surface area contributed by atoms with E-state index in [4.69, 9.17) is 11.6 Å². The van der Waals surface area contributed by atoms with E-state index in [2.05, 4.69) is 50.8 Å². The van der Waals surface area contributed by atoms with Gasteiger partial charge in [0, 0.05) is 74.2 Å². The highest BCUT2D eigenvalue weighted by Crippen LogP contribution is 2.37. The van der Waals surface area contributed by atoms with E-state index >= 15 is 0 Å². The number of benzene rings is 1. The third-order valence-electron chi connectivity index (χ3n) is 7.79. The van der Waals surface area contributed by atoms with Crippen LogP contribution in [0.15, 0.2) is 30.6 Å². The van der Waals surface area contributed by atoms with Gasteiger partial charge in [-0.15, -0.1) is 0 Å². The second kappa shape index (κ2) is 10.4. The van der Waals surface area contributed by atoms with Gasteiger partial charge in [-0.1, -0.05) is 30.7 Å². The third-order valence-corrected chi connectivity index (χ3v) is 8.04. The number of aryl methyl sites for hydroxylation is 1. The van der Waals surface area contributed by atoms with Gasteiger partial charge in [0.2, 0.25) is 5.91 Å². The topological polar surface area (TPSA) is 64.6 Å². The normalized spacial score (nSPS) is 26.0. The fourth-order valence-electron chi connectivity index (χ4n) is 6.10. The standard InChI is InChI=1S/C27H37ClN6O/c1-18-4-9-24-25(18)26(30-17-29-24)33-10-12-34(13-11-33)27(35)23(21-5-7-22(28)8-6-21)16-32-14-19(2)31-20(3)15-32/h5-8,17-20,23,31H,4,9-16H2,1-3H3/t18-,19-,20+,23+/m1/s1. The van der Waals surface area contributed by atoms with Gasteiger partial charge in [-0.05, 0) is 50.3 Å². The van der Waals surface area contributed by atoms with Crippen LogP contribution in [0, 0.1) is 0 Å². The van der Waals surface area contributed by atoms with Crippen LogP contribution in [-0.2, 0) is 11.2 Å². The number of hydrogen-bond acceptors (Lipinski definition) is 6. The molecule has 2 fully saturated rings. The zero-order chi connectivity index (χ0) is 24.5. The van der Waals surface area contributed by atoms with Crippen LogP contribution in [0.4, 0.5) is 5.82 Å². The van der Waals surface area contributed by atoms with Crippen molar-refractivity contribution in [3.8, 4) is 0 Å². The largest absolute Gasteiger partial charge is 0.353 e. The molecule has 2 aliphatic heterocycles. The molecule has 8 heteroatoms. The maximum absolute atomic E-state index is 13.9. The zero-order valence-corrected chi connectivity index (χ0v) is 21.8. The Bertz CT molecular complexity index is 1030. The Labute approximate surface area is 213 Å². The number of amides is 1. The molecular formula is C27H37ClN6O.